The van der Waals surface area contributed by atoms with Gasteiger partial charge in [-0.25, -0.2) is 0 Å². The lowest BCUT2D eigenvalue weighted by Crippen LogP contribution is -2.17. The Balaban J connectivity index is 2.01. The highest BCUT2D eigenvalue weighted by Crippen LogP contribution is 2.32. The number of rotatable bonds is 4. The molecule has 1 aromatic carbocycles. The quantitative estimate of drug-likeness (QED) is 0.914. The van der Waals surface area contributed by atoms with Gasteiger partial charge in [0.15, 0.2) is 0 Å². The molecule has 0 saturated heterocycles. The van der Waals surface area contributed by atoms with Gasteiger partial charge in [-0.2, -0.15) is 5.10 Å². The Morgan fingerprint density at radius 1 is 1.40 bits per heavy atom. The SMILES string of the molecule is Cn1cc(CNc2ccc(OC(F)(F)F)c(Br)c2)cn1. The summed E-state index contributed by atoms with van der Waals surface area (Å²) in [6, 6.07) is 4.29. The minimum Gasteiger partial charge on any atom is -0.405 e. The van der Waals surface area contributed by atoms with E-state index >= 15 is 0 Å². The maximum Gasteiger partial charge on any atom is 0.573 e. The molecule has 0 aliphatic heterocycles. The van der Waals surface area contributed by atoms with Crippen molar-refractivity contribution in [3.05, 3.63) is 40.6 Å². The fourth-order valence-corrected chi connectivity index (χ4v) is 2.05. The molecule has 0 bridgehead atoms. The largest absolute Gasteiger partial charge is 0.573 e. The van der Waals surface area contributed by atoms with Crippen LogP contribution in [0.1, 0.15) is 5.56 Å². The van der Waals surface area contributed by atoms with Gasteiger partial charge in [0, 0.05) is 31.0 Å². The summed E-state index contributed by atoms with van der Waals surface area (Å²) in [4.78, 5) is 0. The summed E-state index contributed by atoms with van der Waals surface area (Å²) in [5.74, 6) is -0.274. The highest BCUT2D eigenvalue weighted by Gasteiger charge is 2.31. The van der Waals surface area contributed by atoms with Crippen LogP contribution in [-0.2, 0) is 13.6 Å². The molecule has 0 fully saturated rings. The lowest BCUT2D eigenvalue weighted by atomic mass is 10.3. The summed E-state index contributed by atoms with van der Waals surface area (Å²) < 4.78 is 42.1. The fourth-order valence-electron chi connectivity index (χ4n) is 1.59. The number of anilines is 1. The number of benzene rings is 1. The highest BCUT2D eigenvalue weighted by molar-refractivity contribution is 9.10. The average Bonchev–Trinajstić information content (AvgIpc) is 2.74. The Hall–Kier alpha value is -1.70. The number of ether oxygens (including phenoxy) is 1. The fraction of sp³-hybridized carbons (Fsp3) is 0.250. The molecule has 1 heterocycles. The minimum atomic E-state index is -4.70. The Labute approximate surface area is 121 Å². The van der Waals surface area contributed by atoms with E-state index in [0.29, 0.717) is 12.2 Å². The van der Waals surface area contributed by atoms with Gasteiger partial charge in [0.1, 0.15) is 5.75 Å². The third-order valence-corrected chi connectivity index (χ3v) is 3.03. The van der Waals surface area contributed by atoms with Crippen molar-refractivity contribution < 1.29 is 17.9 Å². The van der Waals surface area contributed by atoms with Crippen molar-refractivity contribution in [2.45, 2.75) is 12.9 Å². The highest BCUT2D eigenvalue weighted by atomic mass is 79.9. The minimum absolute atomic E-state index is 0.228. The Kier molecular flexibility index (Phi) is 4.22. The van der Waals surface area contributed by atoms with Gasteiger partial charge in [-0.05, 0) is 34.1 Å². The van der Waals surface area contributed by atoms with Crippen LogP contribution in [-0.4, -0.2) is 16.1 Å². The topological polar surface area (TPSA) is 39.1 Å². The monoisotopic (exact) mass is 349 g/mol. The molecular weight excluding hydrogens is 339 g/mol. The van der Waals surface area contributed by atoms with Crippen LogP contribution in [0.25, 0.3) is 0 Å². The first-order valence-electron chi connectivity index (χ1n) is 5.60. The molecule has 0 amide bonds. The molecule has 4 nitrogen and oxygen atoms in total. The van der Waals surface area contributed by atoms with Crippen molar-refractivity contribution in [1.82, 2.24) is 9.78 Å². The molecule has 0 spiro atoms. The number of aryl methyl sites for hydroxylation is 1. The maximum absolute atomic E-state index is 12.1. The molecule has 0 radical (unpaired) electrons. The molecular formula is C12H11BrF3N3O. The third kappa shape index (κ3) is 4.16. The molecule has 0 saturated carbocycles. The average molecular weight is 350 g/mol. The Morgan fingerprint density at radius 3 is 2.70 bits per heavy atom. The molecule has 108 valence electrons. The van der Waals surface area contributed by atoms with Gasteiger partial charge in [0.2, 0.25) is 0 Å². The second kappa shape index (κ2) is 5.74. The van der Waals surface area contributed by atoms with E-state index in [1.54, 1.807) is 10.9 Å². The predicted molar refractivity (Wildman–Crippen MR) is 71.4 cm³/mol. The van der Waals surface area contributed by atoms with Crippen molar-refractivity contribution >= 4 is 21.6 Å². The first-order chi connectivity index (χ1) is 9.33. The summed E-state index contributed by atoms with van der Waals surface area (Å²) in [6.07, 6.45) is -1.14. The number of hydrogen-bond acceptors (Lipinski definition) is 3. The van der Waals surface area contributed by atoms with Gasteiger partial charge in [-0.1, -0.05) is 0 Å². The van der Waals surface area contributed by atoms with Crippen molar-refractivity contribution in [3.8, 4) is 5.75 Å². The first kappa shape index (κ1) is 14.7. The number of nitrogens with one attached hydrogen (secondary N) is 1. The summed E-state index contributed by atoms with van der Waals surface area (Å²) in [5, 5.41) is 7.11. The zero-order chi connectivity index (χ0) is 14.8. The molecule has 0 aliphatic rings. The van der Waals surface area contributed by atoms with Gasteiger partial charge in [0.25, 0.3) is 0 Å². The van der Waals surface area contributed by atoms with E-state index in [-0.39, 0.29) is 10.2 Å². The van der Waals surface area contributed by atoms with Crippen molar-refractivity contribution in [1.29, 1.82) is 0 Å². The number of hydrogen-bond donors (Lipinski definition) is 1. The van der Waals surface area contributed by atoms with E-state index in [2.05, 4.69) is 31.1 Å². The van der Waals surface area contributed by atoms with Gasteiger partial charge in [0.05, 0.1) is 10.7 Å². The summed E-state index contributed by atoms with van der Waals surface area (Å²) >= 11 is 3.05. The van der Waals surface area contributed by atoms with E-state index in [4.69, 9.17) is 0 Å². The zero-order valence-corrected chi connectivity index (χ0v) is 12.0. The van der Waals surface area contributed by atoms with E-state index in [0.717, 1.165) is 5.56 Å². The maximum atomic E-state index is 12.1. The summed E-state index contributed by atoms with van der Waals surface area (Å²) in [6.45, 7) is 0.528. The molecule has 0 unspecified atom stereocenters. The predicted octanol–water partition coefficient (Wildman–Crippen LogP) is 3.69. The molecule has 20 heavy (non-hydrogen) atoms. The second-order valence-electron chi connectivity index (χ2n) is 4.07. The van der Waals surface area contributed by atoms with E-state index in [9.17, 15) is 13.2 Å². The van der Waals surface area contributed by atoms with Crippen molar-refractivity contribution in [2.24, 2.45) is 7.05 Å². The van der Waals surface area contributed by atoms with E-state index < -0.39 is 6.36 Å². The Bertz CT molecular complexity index is 598. The molecule has 2 rings (SSSR count). The van der Waals surface area contributed by atoms with E-state index in [1.807, 2.05) is 13.2 Å². The van der Waals surface area contributed by atoms with Gasteiger partial charge in [-0.15, -0.1) is 13.2 Å². The Morgan fingerprint density at radius 2 is 2.15 bits per heavy atom. The van der Waals surface area contributed by atoms with Gasteiger partial charge >= 0.3 is 6.36 Å². The van der Waals surface area contributed by atoms with Crippen LogP contribution >= 0.6 is 15.9 Å². The lowest BCUT2D eigenvalue weighted by Gasteiger charge is -2.12. The standard InChI is InChI=1S/C12H11BrF3N3O/c1-19-7-8(6-18-19)5-17-9-2-3-11(10(13)4-9)20-12(14,15)16/h2-4,6-7,17H,5H2,1H3. The number of halogens is 4. The molecule has 8 heteroatoms. The molecule has 1 aromatic heterocycles. The third-order valence-electron chi connectivity index (χ3n) is 2.41. The van der Waals surface area contributed by atoms with Crippen LogP contribution in [0.15, 0.2) is 35.1 Å². The number of alkyl halides is 3. The number of aromatic nitrogens is 2. The zero-order valence-electron chi connectivity index (χ0n) is 10.4. The molecule has 1 N–H and O–H groups in total. The second-order valence-corrected chi connectivity index (χ2v) is 4.92. The summed E-state index contributed by atoms with van der Waals surface area (Å²) in [7, 11) is 1.81. The van der Waals surface area contributed by atoms with Crippen molar-refractivity contribution in [2.75, 3.05) is 5.32 Å². The van der Waals surface area contributed by atoms with E-state index in [1.165, 1.54) is 18.2 Å². The van der Waals surface area contributed by atoms with Crippen LogP contribution in [0.3, 0.4) is 0 Å². The van der Waals surface area contributed by atoms with Crippen LogP contribution < -0.4 is 10.1 Å². The smallest absolute Gasteiger partial charge is 0.405 e. The van der Waals surface area contributed by atoms with Crippen molar-refractivity contribution in [3.63, 3.8) is 0 Å². The number of nitrogens with zero attached hydrogens (tertiary/aromatic N) is 2. The molecule has 2 aromatic rings. The molecule has 0 atom stereocenters. The lowest BCUT2D eigenvalue weighted by molar-refractivity contribution is -0.274. The van der Waals surface area contributed by atoms with Crippen LogP contribution in [0.4, 0.5) is 18.9 Å². The normalized spacial score (nSPS) is 11.4. The molecule has 0 aliphatic carbocycles. The van der Waals surface area contributed by atoms with Gasteiger partial charge in [-0.3, -0.25) is 4.68 Å². The summed E-state index contributed by atoms with van der Waals surface area (Å²) in [5.41, 5.74) is 1.65. The van der Waals surface area contributed by atoms with Crippen LogP contribution in [0, 0.1) is 0 Å². The van der Waals surface area contributed by atoms with Crippen LogP contribution in [0.5, 0.6) is 5.75 Å². The van der Waals surface area contributed by atoms with Crippen LogP contribution in [0.2, 0.25) is 0 Å². The first-order valence-corrected chi connectivity index (χ1v) is 6.39. The van der Waals surface area contributed by atoms with Gasteiger partial charge < -0.3 is 10.1 Å².